The number of halogens is 2. The van der Waals surface area contributed by atoms with Crippen molar-refractivity contribution < 1.29 is 4.79 Å². The maximum Gasteiger partial charge on any atom is 0.241 e. The lowest BCUT2D eigenvalue weighted by Crippen LogP contribution is -2.35. The Bertz CT molecular complexity index is 362. The number of carbonyl (C=O) groups is 1. The first-order valence-electron chi connectivity index (χ1n) is 5.06. The van der Waals surface area contributed by atoms with Gasteiger partial charge in [0, 0.05) is 0 Å². The van der Waals surface area contributed by atoms with Crippen LogP contribution in [0.5, 0.6) is 0 Å². The number of hydrogen-bond acceptors (Lipinski definition) is 2. The first-order valence-corrected chi connectivity index (χ1v) is 5.82. The van der Waals surface area contributed by atoms with E-state index in [1.165, 1.54) is 0 Å². The number of amides is 1. The van der Waals surface area contributed by atoms with Gasteiger partial charge >= 0.3 is 0 Å². The summed E-state index contributed by atoms with van der Waals surface area (Å²) in [6.07, 6.45) is 1.48. The number of rotatable bonds is 4. The van der Waals surface area contributed by atoms with E-state index in [2.05, 4.69) is 5.32 Å². The van der Waals surface area contributed by atoms with Crippen LogP contribution in [0, 0.1) is 0 Å². The van der Waals surface area contributed by atoms with Crippen LogP contribution in [0.3, 0.4) is 0 Å². The summed E-state index contributed by atoms with van der Waals surface area (Å²) in [5.41, 5.74) is 6.10. The van der Waals surface area contributed by atoms with Crippen molar-refractivity contribution in [1.29, 1.82) is 0 Å². The topological polar surface area (TPSA) is 55.1 Å². The molecule has 0 fully saturated rings. The van der Waals surface area contributed by atoms with E-state index in [0.29, 0.717) is 22.2 Å². The van der Waals surface area contributed by atoms with Gasteiger partial charge in [-0.1, -0.05) is 42.6 Å². The predicted molar refractivity (Wildman–Crippen MR) is 68.0 cm³/mol. The molecular weight excluding hydrogens is 247 g/mol. The highest BCUT2D eigenvalue weighted by molar-refractivity contribution is 6.39. The van der Waals surface area contributed by atoms with Gasteiger partial charge in [0.1, 0.15) is 0 Å². The van der Waals surface area contributed by atoms with E-state index < -0.39 is 6.04 Å². The third-order valence-electron chi connectivity index (χ3n) is 2.15. The predicted octanol–water partition coefficient (Wildman–Crippen LogP) is 3.06. The zero-order chi connectivity index (χ0) is 12.1. The Morgan fingerprint density at radius 3 is 2.50 bits per heavy atom. The van der Waals surface area contributed by atoms with Crippen LogP contribution >= 0.6 is 23.2 Å². The highest BCUT2D eigenvalue weighted by atomic mass is 35.5. The van der Waals surface area contributed by atoms with Crippen LogP contribution in [0.1, 0.15) is 19.8 Å². The molecular formula is C11H14Cl2N2O. The summed E-state index contributed by atoms with van der Waals surface area (Å²) in [7, 11) is 0. The maximum absolute atomic E-state index is 11.7. The molecule has 0 aliphatic heterocycles. The Hall–Kier alpha value is -0.770. The lowest BCUT2D eigenvalue weighted by molar-refractivity contribution is -0.117. The van der Waals surface area contributed by atoms with Crippen LogP contribution < -0.4 is 11.1 Å². The molecule has 1 rings (SSSR count). The number of benzene rings is 1. The van der Waals surface area contributed by atoms with Crippen LogP contribution in [0.4, 0.5) is 5.69 Å². The van der Waals surface area contributed by atoms with Gasteiger partial charge in [-0.3, -0.25) is 4.79 Å². The average molecular weight is 261 g/mol. The van der Waals surface area contributed by atoms with Crippen LogP contribution in [-0.2, 0) is 4.79 Å². The smallest absolute Gasteiger partial charge is 0.241 e. The van der Waals surface area contributed by atoms with Crippen molar-refractivity contribution in [3.8, 4) is 0 Å². The van der Waals surface area contributed by atoms with Crippen molar-refractivity contribution in [1.82, 2.24) is 0 Å². The second-order valence-corrected chi connectivity index (χ2v) is 4.30. The molecule has 3 N–H and O–H groups in total. The molecule has 16 heavy (non-hydrogen) atoms. The van der Waals surface area contributed by atoms with Gasteiger partial charge in [0.05, 0.1) is 21.8 Å². The molecule has 88 valence electrons. The molecule has 0 aliphatic carbocycles. The number of nitrogens with two attached hydrogens (primary N) is 1. The second-order valence-electron chi connectivity index (χ2n) is 3.48. The van der Waals surface area contributed by atoms with Crippen molar-refractivity contribution >= 4 is 34.8 Å². The molecule has 0 aromatic heterocycles. The van der Waals surface area contributed by atoms with Crippen LogP contribution in [0.25, 0.3) is 0 Å². The highest BCUT2D eigenvalue weighted by Gasteiger charge is 2.15. The highest BCUT2D eigenvalue weighted by Crippen LogP contribution is 2.29. The zero-order valence-corrected chi connectivity index (χ0v) is 10.5. The maximum atomic E-state index is 11.7. The van der Waals surface area contributed by atoms with Gasteiger partial charge in [0.15, 0.2) is 0 Å². The summed E-state index contributed by atoms with van der Waals surface area (Å²) in [5.74, 6) is -0.267. The molecule has 3 nitrogen and oxygen atoms in total. The van der Waals surface area contributed by atoms with Gasteiger partial charge in [-0.05, 0) is 18.6 Å². The monoisotopic (exact) mass is 260 g/mol. The molecule has 1 amide bonds. The fraction of sp³-hybridized carbons (Fsp3) is 0.364. The first-order chi connectivity index (χ1) is 7.56. The Kier molecular flexibility index (Phi) is 5.06. The molecule has 5 heteroatoms. The fourth-order valence-corrected chi connectivity index (χ4v) is 1.77. The molecule has 0 saturated carbocycles. The minimum atomic E-state index is -0.530. The van der Waals surface area contributed by atoms with Gasteiger partial charge in [0.2, 0.25) is 5.91 Å². The molecule has 1 aromatic carbocycles. The summed E-state index contributed by atoms with van der Waals surface area (Å²) in [6.45, 7) is 1.97. The summed E-state index contributed by atoms with van der Waals surface area (Å²) >= 11 is 11.8. The molecule has 1 aromatic rings. The van der Waals surface area contributed by atoms with Gasteiger partial charge in [-0.15, -0.1) is 0 Å². The van der Waals surface area contributed by atoms with Crippen molar-refractivity contribution in [2.24, 2.45) is 5.73 Å². The van der Waals surface area contributed by atoms with E-state index in [9.17, 15) is 4.79 Å². The SMILES string of the molecule is CCC[C@H](N)C(=O)Nc1c(Cl)cccc1Cl. The van der Waals surface area contributed by atoms with Gasteiger partial charge in [-0.25, -0.2) is 0 Å². The van der Waals surface area contributed by atoms with Crippen molar-refractivity contribution in [3.05, 3.63) is 28.2 Å². The molecule has 0 spiro atoms. The molecule has 0 aliphatic rings. The van der Waals surface area contributed by atoms with E-state index in [-0.39, 0.29) is 5.91 Å². The summed E-state index contributed by atoms with van der Waals surface area (Å²) in [5, 5.41) is 3.45. The number of hydrogen-bond donors (Lipinski definition) is 2. The zero-order valence-electron chi connectivity index (χ0n) is 8.97. The van der Waals surface area contributed by atoms with Crippen molar-refractivity contribution in [3.63, 3.8) is 0 Å². The average Bonchev–Trinajstić information content (AvgIpc) is 2.23. The van der Waals surface area contributed by atoms with E-state index in [1.807, 2.05) is 6.92 Å². The Morgan fingerprint density at radius 2 is 2.00 bits per heavy atom. The van der Waals surface area contributed by atoms with Gasteiger partial charge < -0.3 is 11.1 Å². The molecule has 0 heterocycles. The summed E-state index contributed by atoms with van der Waals surface area (Å²) in [4.78, 5) is 11.7. The van der Waals surface area contributed by atoms with Gasteiger partial charge in [-0.2, -0.15) is 0 Å². The standard InChI is InChI=1S/C11H14Cl2N2O/c1-2-4-9(14)11(16)15-10-7(12)5-3-6-8(10)13/h3,5-6,9H,2,4,14H2,1H3,(H,15,16)/t9-/m0/s1. The molecule has 0 bridgehead atoms. The third kappa shape index (κ3) is 3.37. The lowest BCUT2D eigenvalue weighted by Gasteiger charge is -2.13. The fourth-order valence-electron chi connectivity index (χ4n) is 1.28. The largest absolute Gasteiger partial charge is 0.322 e. The normalized spacial score (nSPS) is 12.2. The van der Waals surface area contributed by atoms with Crippen LogP contribution in [0.15, 0.2) is 18.2 Å². The minimum Gasteiger partial charge on any atom is -0.322 e. The van der Waals surface area contributed by atoms with Crippen LogP contribution in [0.2, 0.25) is 10.0 Å². The van der Waals surface area contributed by atoms with E-state index >= 15 is 0 Å². The molecule has 0 unspecified atom stereocenters. The Morgan fingerprint density at radius 1 is 1.44 bits per heavy atom. The molecule has 1 atom stereocenters. The molecule has 0 saturated heterocycles. The number of anilines is 1. The first kappa shape index (κ1) is 13.3. The Balaban J connectivity index is 2.77. The summed E-state index contributed by atoms with van der Waals surface area (Å²) in [6, 6.07) is 4.51. The number of para-hydroxylation sites is 1. The number of nitrogens with one attached hydrogen (secondary N) is 1. The van der Waals surface area contributed by atoms with Crippen molar-refractivity contribution in [2.45, 2.75) is 25.8 Å². The van der Waals surface area contributed by atoms with E-state index in [0.717, 1.165) is 6.42 Å². The minimum absolute atomic E-state index is 0.267. The van der Waals surface area contributed by atoms with E-state index in [1.54, 1.807) is 18.2 Å². The van der Waals surface area contributed by atoms with Crippen LogP contribution in [-0.4, -0.2) is 11.9 Å². The quantitative estimate of drug-likeness (QED) is 0.875. The van der Waals surface area contributed by atoms with E-state index in [4.69, 9.17) is 28.9 Å². The molecule has 0 radical (unpaired) electrons. The summed E-state index contributed by atoms with van der Waals surface area (Å²) < 4.78 is 0. The lowest BCUT2D eigenvalue weighted by atomic mass is 10.1. The Labute approximate surface area is 105 Å². The van der Waals surface area contributed by atoms with Gasteiger partial charge in [0.25, 0.3) is 0 Å². The second kappa shape index (κ2) is 6.09. The van der Waals surface area contributed by atoms with Crippen molar-refractivity contribution in [2.75, 3.05) is 5.32 Å². The number of carbonyl (C=O) groups excluding carboxylic acids is 1. The third-order valence-corrected chi connectivity index (χ3v) is 2.78.